The van der Waals surface area contributed by atoms with Crippen LogP contribution in [0.15, 0.2) is 36.4 Å². The molecule has 1 amide bonds. The lowest BCUT2D eigenvalue weighted by Gasteiger charge is -2.15. The highest BCUT2D eigenvalue weighted by Crippen LogP contribution is 2.27. The van der Waals surface area contributed by atoms with E-state index in [-0.39, 0.29) is 12.5 Å². The van der Waals surface area contributed by atoms with Gasteiger partial charge in [0.25, 0.3) is 5.91 Å². The maximum Gasteiger partial charge on any atom is 0.338 e. The molecule has 2 rings (SSSR count). The van der Waals surface area contributed by atoms with E-state index >= 15 is 0 Å². The zero-order chi connectivity index (χ0) is 20.0. The first-order chi connectivity index (χ1) is 12.8. The van der Waals surface area contributed by atoms with Crippen molar-refractivity contribution in [2.24, 2.45) is 0 Å². The number of rotatable bonds is 7. The standard InChI is InChI=1S/C22H27NO4/c1-6-26-22(25)18-8-7-9-19(16(18)5)23-21(24)13-27-20-12-15(4)10-11-17(20)14(2)3/h7-12,14H,6,13H2,1-5H3,(H,23,24). The number of aryl methyl sites for hydroxylation is 1. The molecule has 0 aromatic heterocycles. The predicted octanol–water partition coefficient (Wildman–Crippen LogP) is 4.62. The molecule has 0 aliphatic heterocycles. The maximum absolute atomic E-state index is 12.4. The second-order valence-electron chi connectivity index (χ2n) is 6.73. The minimum Gasteiger partial charge on any atom is -0.483 e. The SMILES string of the molecule is CCOC(=O)c1cccc(NC(=O)COc2cc(C)ccc2C(C)C)c1C. The van der Waals surface area contributed by atoms with Gasteiger partial charge in [-0.2, -0.15) is 0 Å². The summed E-state index contributed by atoms with van der Waals surface area (Å²) in [5.41, 5.74) is 3.82. The lowest BCUT2D eigenvalue weighted by molar-refractivity contribution is -0.118. The Hall–Kier alpha value is -2.82. The number of benzene rings is 2. The number of amides is 1. The van der Waals surface area contributed by atoms with Crippen LogP contribution in [0.25, 0.3) is 0 Å². The minimum absolute atomic E-state index is 0.105. The van der Waals surface area contributed by atoms with Crippen molar-refractivity contribution in [3.63, 3.8) is 0 Å². The highest BCUT2D eigenvalue weighted by Gasteiger charge is 2.15. The van der Waals surface area contributed by atoms with Crippen LogP contribution in [0.4, 0.5) is 5.69 Å². The summed E-state index contributed by atoms with van der Waals surface area (Å²) in [5.74, 6) is 0.336. The number of carbonyl (C=O) groups is 2. The van der Waals surface area contributed by atoms with E-state index in [2.05, 4.69) is 19.2 Å². The van der Waals surface area contributed by atoms with Gasteiger partial charge in [0.2, 0.25) is 0 Å². The molecule has 0 aliphatic rings. The molecule has 0 heterocycles. The van der Waals surface area contributed by atoms with Gasteiger partial charge in [0.1, 0.15) is 5.75 Å². The second kappa shape index (κ2) is 9.21. The Morgan fingerprint density at radius 3 is 2.52 bits per heavy atom. The van der Waals surface area contributed by atoms with E-state index < -0.39 is 5.97 Å². The normalized spacial score (nSPS) is 10.6. The first-order valence-electron chi connectivity index (χ1n) is 9.13. The summed E-state index contributed by atoms with van der Waals surface area (Å²) in [6.07, 6.45) is 0. The Bertz CT molecular complexity index is 827. The Morgan fingerprint density at radius 1 is 1.11 bits per heavy atom. The minimum atomic E-state index is -0.399. The molecule has 0 atom stereocenters. The van der Waals surface area contributed by atoms with Gasteiger partial charge in [-0.3, -0.25) is 4.79 Å². The van der Waals surface area contributed by atoms with Crippen LogP contribution >= 0.6 is 0 Å². The van der Waals surface area contributed by atoms with Gasteiger partial charge < -0.3 is 14.8 Å². The summed E-state index contributed by atoms with van der Waals surface area (Å²) in [6, 6.07) is 11.2. The van der Waals surface area contributed by atoms with E-state index in [1.165, 1.54) is 0 Å². The number of hydrogen-bond donors (Lipinski definition) is 1. The lowest BCUT2D eigenvalue weighted by atomic mass is 10.0. The van der Waals surface area contributed by atoms with Crippen LogP contribution in [0.1, 0.15) is 53.7 Å². The van der Waals surface area contributed by atoms with Crippen LogP contribution in [0.3, 0.4) is 0 Å². The van der Waals surface area contributed by atoms with Gasteiger partial charge in [-0.25, -0.2) is 4.79 Å². The van der Waals surface area contributed by atoms with Crippen LogP contribution in [-0.4, -0.2) is 25.1 Å². The summed E-state index contributed by atoms with van der Waals surface area (Å²) >= 11 is 0. The molecule has 2 aromatic rings. The van der Waals surface area contributed by atoms with E-state index in [9.17, 15) is 9.59 Å². The van der Waals surface area contributed by atoms with E-state index in [0.29, 0.717) is 29.3 Å². The second-order valence-corrected chi connectivity index (χ2v) is 6.73. The maximum atomic E-state index is 12.4. The molecule has 1 N–H and O–H groups in total. The fraction of sp³-hybridized carbons (Fsp3) is 0.364. The Morgan fingerprint density at radius 2 is 1.85 bits per heavy atom. The predicted molar refractivity (Wildman–Crippen MR) is 107 cm³/mol. The molecule has 27 heavy (non-hydrogen) atoms. The summed E-state index contributed by atoms with van der Waals surface area (Å²) in [7, 11) is 0. The molecular formula is C22H27NO4. The van der Waals surface area contributed by atoms with E-state index in [0.717, 1.165) is 16.9 Å². The first-order valence-corrected chi connectivity index (χ1v) is 9.13. The number of ether oxygens (including phenoxy) is 2. The number of carbonyl (C=O) groups excluding carboxylic acids is 2. The Balaban J connectivity index is 2.08. The molecule has 0 radical (unpaired) electrons. The summed E-state index contributed by atoms with van der Waals surface area (Å²) in [6.45, 7) is 9.89. The van der Waals surface area contributed by atoms with E-state index in [1.807, 2.05) is 25.1 Å². The molecule has 0 saturated heterocycles. The molecule has 0 fully saturated rings. The van der Waals surface area contributed by atoms with Gasteiger partial charge in [0.15, 0.2) is 6.61 Å². The van der Waals surface area contributed by atoms with Crippen LogP contribution in [0.5, 0.6) is 5.75 Å². The Kier molecular flexibility index (Phi) is 6.99. The van der Waals surface area contributed by atoms with Crippen molar-refractivity contribution in [1.82, 2.24) is 0 Å². The van der Waals surface area contributed by atoms with E-state index in [4.69, 9.17) is 9.47 Å². The van der Waals surface area contributed by atoms with E-state index in [1.54, 1.807) is 32.0 Å². The Labute approximate surface area is 160 Å². The number of hydrogen-bond acceptors (Lipinski definition) is 4. The third-order valence-corrected chi connectivity index (χ3v) is 4.25. The molecule has 0 aliphatic carbocycles. The highest BCUT2D eigenvalue weighted by molar-refractivity contribution is 5.97. The molecular weight excluding hydrogens is 342 g/mol. The van der Waals surface area contributed by atoms with Gasteiger partial charge in [0, 0.05) is 5.69 Å². The van der Waals surface area contributed by atoms with Gasteiger partial charge in [-0.05, 0) is 61.6 Å². The molecule has 5 nitrogen and oxygen atoms in total. The van der Waals surface area contributed by atoms with Crippen molar-refractivity contribution < 1.29 is 19.1 Å². The van der Waals surface area contributed by atoms with Crippen molar-refractivity contribution >= 4 is 17.6 Å². The molecule has 144 valence electrons. The van der Waals surface area contributed by atoms with Gasteiger partial charge in [0.05, 0.1) is 12.2 Å². The third kappa shape index (κ3) is 5.33. The van der Waals surface area contributed by atoms with Crippen LogP contribution < -0.4 is 10.1 Å². The molecule has 0 bridgehead atoms. The average molecular weight is 369 g/mol. The lowest BCUT2D eigenvalue weighted by Crippen LogP contribution is -2.21. The van der Waals surface area contributed by atoms with Crippen molar-refractivity contribution in [2.45, 2.75) is 40.5 Å². The third-order valence-electron chi connectivity index (χ3n) is 4.25. The number of nitrogens with one attached hydrogen (secondary N) is 1. The number of anilines is 1. The van der Waals surface area contributed by atoms with Gasteiger partial charge >= 0.3 is 5.97 Å². The smallest absolute Gasteiger partial charge is 0.338 e. The average Bonchev–Trinajstić information content (AvgIpc) is 2.61. The highest BCUT2D eigenvalue weighted by atomic mass is 16.5. The summed E-state index contributed by atoms with van der Waals surface area (Å²) < 4.78 is 10.8. The van der Waals surface area contributed by atoms with Crippen molar-refractivity contribution in [3.8, 4) is 5.75 Å². The summed E-state index contributed by atoms with van der Waals surface area (Å²) in [5, 5.41) is 2.81. The quantitative estimate of drug-likeness (QED) is 0.723. The van der Waals surface area contributed by atoms with Crippen LogP contribution in [0, 0.1) is 13.8 Å². The van der Waals surface area contributed by atoms with Crippen molar-refractivity contribution in [3.05, 3.63) is 58.7 Å². The van der Waals surface area contributed by atoms with Crippen LogP contribution in [-0.2, 0) is 9.53 Å². The largest absolute Gasteiger partial charge is 0.483 e. The number of esters is 1. The molecule has 2 aromatic carbocycles. The fourth-order valence-electron chi connectivity index (χ4n) is 2.77. The van der Waals surface area contributed by atoms with Gasteiger partial charge in [-0.1, -0.05) is 32.0 Å². The first kappa shape index (κ1) is 20.5. The van der Waals surface area contributed by atoms with Crippen molar-refractivity contribution in [1.29, 1.82) is 0 Å². The topological polar surface area (TPSA) is 64.6 Å². The van der Waals surface area contributed by atoms with Gasteiger partial charge in [-0.15, -0.1) is 0 Å². The molecule has 0 spiro atoms. The molecule has 0 saturated carbocycles. The molecule has 5 heteroatoms. The molecule has 0 unspecified atom stereocenters. The monoisotopic (exact) mass is 369 g/mol. The summed E-state index contributed by atoms with van der Waals surface area (Å²) in [4.78, 5) is 24.3. The van der Waals surface area contributed by atoms with Crippen LogP contribution in [0.2, 0.25) is 0 Å². The fourth-order valence-corrected chi connectivity index (χ4v) is 2.77. The zero-order valence-electron chi connectivity index (χ0n) is 16.6. The van der Waals surface area contributed by atoms with Crippen molar-refractivity contribution in [2.75, 3.05) is 18.5 Å². The zero-order valence-corrected chi connectivity index (χ0v) is 16.6.